The van der Waals surface area contributed by atoms with Crippen molar-refractivity contribution in [3.8, 4) is 5.75 Å². The molecule has 3 rings (SSSR count). The minimum absolute atomic E-state index is 0.132. The van der Waals surface area contributed by atoms with Gasteiger partial charge < -0.3 is 10.5 Å². The van der Waals surface area contributed by atoms with E-state index < -0.39 is 0 Å². The molecule has 2 N–H and O–H groups in total. The normalized spacial score (nSPS) is 31.0. The fourth-order valence-corrected chi connectivity index (χ4v) is 4.09. The zero-order valence-electron chi connectivity index (χ0n) is 10.9. The van der Waals surface area contributed by atoms with Crippen LogP contribution in [0.4, 0.5) is 0 Å². The van der Waals surface area contributed by atoms with Crippen molar-refractivity contribution in [2.75, 3.05) is 7.11 Å². The molecular formula is C15H20BrNO. The molecule has 3 atom stereocenters. The van der Waals surface area contributed by atoms with E-state index in [1.165, 1.54) is 24.8 Å². The molecule has 0 heterocycles. The van der Waals surface area contributed by atoms with Crippen LogP contribution in [0.3, 0.4) is 0 Å². The SMILES string of the molecule is COc1cc(C)c(Br)cc1C(N)C1C2CCCC21. The monoisotopic (exact) mass is 309 g/mol. The second-order valence-corrected chi connectivity index (χ2v) is 6.56. The van der Waals surface area contributed by atoms with Crippen LogP contribution in [-0.4, -0.2) is 7.11 Å². The molecule has 1 aromatic rings. The van der Waals surface area contributed by atoms with Gasteiger partial charge in [0.25, 0.3) is 0 Å². The average molecular weight is 310 g/mol. The summed E-state index contributed by atoms with van der Waals surface area (Å²) in [5.74, 6) is 3.38. The van der Waals surface area contributed by atoms with Crippen LogP contribution in [-0.2, 0) is 0 Å². The fourth-order valence-electron chi connectivity index (χ4n) is 3.72. The van der Waals surface area contributed by atoms with Crippen molar-refractivity contribution in [2.24, 2.45) is 23.5 Å². The van der Waals surface area contributed by atoms with Gasteiger partial charge in [0.2, 0.25) is 0 Å². The Labute approximate surface area is 117 Å². The quantitative estimate of drug-likeness (QED) is 0.921. The predicted octanol–water partition coefficient (Wildman–Crippen LogP) is 3.81. The molecule has 0 aromatic heterocycles. The Bertz CT molecular complexity index is 464. The zero-order chi connectivity index (χ0) is 12.9. The summed E-state index contributed by atoms with van der Waals surface area (Å²) < 4.78 is 6.63. The first-order chi connectivity index (χ1) is 8.63. The fraction of sp³-hybridized carbons (Fsp3) is 0.600. The Balaban J connectivity index is 1.89. The highest BCUT2D eigenvalue weighted by Crippen LogP contribution is 2.62. The minimum atomic E-state index is 0.132. The van der Waals surface area contributed by atoms with Crippen molar-refractivity contribution >= 4 is 15.9 Å². The van der Waals surface area contributed by atoms with Crippen molar-refractivity contribution in [3.05, 3.63) is 27.7 Å². The van der Waals surface area contributed by atoms with Gasteiger partial charge in [-0.3, -0.25) is 0 Å². The molecule has 0 saturated heterocycles. The highest BCUT2D eigenvalue weighted by molar-refractivity contribution is 9.10. The summed E-state index contributed by atoms with van der Waals surface area (Å²) in [6, 6.07) is 4.36. The molecule has 0 spiro atoms. The molecule has 0 radical (unpaired) electrons. The third-order valence-electron chi connectivity index (χ3n) is 4.76. The average Bonchev–Trinajstić information content (AvgIpc) is 2.84. The highest BCUT2D eigenvalue weighted by atomic mass is 79.9. The summed E-state index contributed by atoms with van der Waals surface area (Å²) in [4.78, 5) is 0. The number of nitrogens with two attached hydrogens (primary N) is 1. The van der Waals surface area contributed by atoms with Crippen LogP contribution in [0.1, 0.15) is 36.4 Å². The van der Waals surface area contributed by atoms with Gasteiger partial charge in [-0.05, 0) is 55.2 Å². The second kappa shape index (κ2) is 4.53. The first-order valence-corrected chi connectivity index (χ1v) is 7.52. The maximum Gasteiger partial charge on any atom is 0.123 e. The highest BCUT2D eigenvalue weighted by Gasteiger charge is 2.55. The molecule has 3 unspecified atom stereocenters. The standard InChI is InChI=1S/C15H20BrNO/c1-8-6-13(18-2)11(7-12(8)16)15(17)14-9-4-3-5-10(9)14/h6-7,9-10,14-15H,3-5,17H2,1-2H3. The van der Waals surface area contributed by atoms with Gasteiger partial charge in [-0.2, -0.15) is 0 Å². The Morgan fingerprint density at radius 3 is 2.61 bits per heavy atom. The van der Waals surface area contributed by atoms with Crippen molar-refractivity contribution in [1.29, 1.82) is 0 Å². The summed E-state index contributed by atoms with van der Waals surface area (Å²) in [6.07, 6.45) is 4.14. The molecule has 0 bridgehead atoms. The van der Waals surface area contributed by atoms with E-state index in [-0.39, 0.29) is 6.04 Å². The van der Waals surface area contributed by atoms with E-state index in [4.69, 9.17) is 10.5 Å². The summed E-state index contributed by atoms with van der Waals surface area (Å²) >= 11 is 3.60. The zero-order valence-corrected chi connectivity index (χ0v) is 12.5. The number of halogens is 1. The maximum atomic E-state index is 6.49. The molecule has 2 aliphatic rings. The first kappa shape index (κ1) is 12.5. The Morgan fingerprint density at radius 2 is 2.00 bits per heavy atom. The van der Waals surface area contributed by atoms with Gasteiger partial charge in [0.05, 0.1) is 7.11 Å². The molecule has 18 heavy (non-hydrogen) atoms. The summed E-state index contributed by atoms with van der Waals surface area (Å²) in [5, 5.41) is 0. The number of aryl methyl sites for hydroxylation is 1. The number of hydrogen-bond acceptors (Lipinski definition) is 2. The molecule has 0 amide bonds. The summed E-state index contributed by atoms with van der Waals surface area (Å²) in [7, 11) is 1.73. The lowest BCUT2D eigenvalue weighted by Crippen LogP contribution is -2.16. The lowest BCUT2D eigenvalue weighted by atomic mass is 9.96. The maximum absolute atomic E-state index is 6.49. The van der Waals surface area contributed by atoms with Gasteiger partial charge in [0.1, 0.15) is 5.75 Å². The van der Waals surface area contributed by atoms with Gasteiger partial charge in [-0.15, -0.1) is 0 Å². The van der Waals surface area contributed by atoms with E-state index in [0.29, 0.717) is 5.92 Å². The van der Waals surface area contributed by atoms with Gasteiger partial charge in [0, 0.05) is 16.1 Å². The third-order valence-corrected chi connectivity index (χ3v) is 5.61. The van der Waals surface area contributed by atoms with Crippen LogP contribution >= 0.6 is 15.9 Å². The number of methoxy groups -OCH3 is 1. The van der Waals surface area contributed by atoms with Crippen molar-refractivity contribution in [2.45, 2.75) is 32.2 Å². The molecule has 2 nitrogen and oxygen atoms in total. The number of benzene rings is 1. The third kappa shape index (κ3) is 1.88. The molecule has 2 fully saturated rings. The largest absolute Gasteiger partial charge is 0.496 e. The van der Waals surface area contributed by atoms with Gasteiger partial charge in [0.15, 0.2) is 0 Å². The van der Waals surface area contributed by atoms with Crippen LogP contribution in [0.5, 0.6) is 5.75 Å². The van der Waals surface area contributed by atoms with Gasteiger partial charge in [-0.1, -0.05) is 22.4 Å². The number of ether oxygens (including phenoxy) is 1. The molecule has 2 aliphatic carbocycles. The number of rotatable bonds is 3. The van der Waals surface area contributed by atoms with Crippen LogP contribution in [0.2, 0.25) is 0 Å². The lowest BCUT2D eigenvalue weighted by Gasteiger charge is -2.18. The molecule has 98 valence electrons. The van der Waals surface area contributed by atoms with E-state index in [9.17, 15) is 0 Å². The van der Waals surface area contributed by atoms with Crippen molar-refractivity contribution in [3.63, 3.8) is 0 Å². The minimum Gasteiger partial charge on any atom is -0.496 e. The Kier molecular flexibility index (Phi) is 3.15. The van der Waals surface area contributed by atoms with Crippen molar-refractivity contribution in [1.82, 2.24) is 0 Å². The molecule has 2 saturated carbocycles. The van der Waals surface area contributed by atoms with E-state index in [1.807, 2.05) is 0 Å². The second-order valence-electron chi connectivity index (χ2n) is 5.71. The Morgan fingerprint density at radius 1 is 1.33 bits per heavy atom. The summed E-state index contributed by atoms with van der Waals surface area (Å²) in [5.41, 5.74) is 8.84. The van der Waals surface area contributed by atoms with Gasteiger partial charge in [-0.25, -0.2) is 0 Å². The molecule has 3 heteroatoms. The number of hydrogen-bond donors (Lipinski definition) is 1. The number of fused-ring (bicyclic) bond motifs is 1. The van der Waals surface area contributed by atoms with Crippen LogP contribution in [0.25, 0.3) is 0 Å². The van der Waals surface area contributed by atoms with E-state index in [1.54, 1.807) is 7.11 Å². The first-order valence-electron chi connectivity index (χ1n) is 6.73. The van der Waals surface area contributed by atoms with Crippen molar-refractivity contribution < 1.29 is 4.74 Å². The van der Waals surface area contributed by atoms with Crippen LogP contribution < -0.4 is 10.5 Å². The predicted molar refractivity (Wildman–Crippen MR) is 76.7 cm³/mol. The molecular weight excluding hydrogens is 290 g/mol. The molecule has 0 aliphatic heterocycles. The van der Waals surface area contributed by atoms with Crippen LogP contribution in [0, 0.1) is 24.7 Å². The van der Waals surface area contributed by atoms with Crippen LogP contribution in [0.15, 0.2) is 16.6 Å². The topological polar surface area (TPSA) is 35.2 Å². The van der Waals surface area contributed by atoms with E-state index in [2.05, 4.69) is 35.0 Å². The lowest BCUT2D eigenvalue weighted by molar-refractivity contribution is 0.397. The summed E-state index contributed by atoms with van der Waals surface area (Å²) in [6.45, 7) is 2.08. The van der Waals surface area contributed by atoms with Gasteiger partial charge >= 0.3 is 0 Å². The van der Waals surface area contributed by atoms with E-state index >= 15 is 0 Å². The smallest absolute Gasteiger partial charge is 0.123 e. The molecule has 1 aromatic carbocycles. The van der Waals surface area contributed by atoms with E-state index in [0.717, 1.165) is 27.6 Å². The Hall–Kier alpha value is -0.540.